The molecule has 6 nitrogen and oxygen atoms in total. The zero-order chi connectivity index (χ0) is 16.2. The summed E-state index contributed by atoms with van der Waals surface area (Å²) >= 11 is 0. The number of hydrogen-bond acceptors (Lipinski definition) is 4. The van der Waals surface area contributed by atoms with Crippen LogP contribution in [-0.2, 0) is 16.0 Å². The first kappa shape index (κ1) is 17.0. The second-order valence-electron chi connectivity index (χ2n) is 6.41. The van der Waals surface area contributed by atoms with Crippen LogP contribution in [0.15, 0.2) is 0 Å². The molecular formula is C16H27N3O3. The molecule has 2 heterocycles. The van der Waals surface area contributed by atoms with E-state index in [-0.39, 0.29) is 17.9 Å². The zero-order valence-corrected chi connectivity index (χ0v) is 13.8. The molecule has 1 atom stereocenters. The minimum absolute atomic E-state index is 0.101. The molecule has 1 aromatic heterocycles. The van der Waals surface area contributed by atoms with Gasteiger partial charge < -0.3 is 14.7 Å². The van der Waals surface area contributed by atoms with Crippen molar-refractivity contribution in [1.29, 1.82) is 0 Å². The SMILES string of the molecule is COCCC1(CO)CCCN(C(=O)Cc2c(C)n[nH]c2C)C1. The quantitative estimate of drug-likeness (QED) is 0.828. The van der Waals surface area contributed by atoms with Crippen molar-refractivity contribution >= 4 is 5.91 Å². The molecule has 1 fully saturated rings. The van der Waals surface area contributed by atoms with Crippen LogP contribution in [0, 0.1) is 19.3 Å². The number of carbonyl (C=O) groups is 1. The van der Waals surface area contributed by atoms with Gasteiger partial charge in [-0.3, -0.25) is 9.89 Å². The standard InChI is InChI=1S/C16H27N3O3/c1-12-14(13(2)18-17-12)9-15(21)19-7-4-5-16(10-19,11-20)6-8-22-3/h20H,4-11H2,1-3H3,(H,17,18). The summed E-state index contributed by atoms with van der Waals surface area (Å²) < 4.78 is 5.16. The van der Waals surface area contributed by atoms with Crippen LogP contribution in [0.25, 0.3) is 0 Å². The second-order valence-corrected chi connectivity index (χ2v) is 6.41. The van der Waals surface area contributed by atoms with Gasteiger partial charge in [0.25, 0.3) is 0 Å². The van der Waals surface area contributed by atoms with E-state index in [0.717, 1.165) is 42.8 Å². The van der Waals surface area contributed by atoms with E-state index in [1.807, 2.05) is 18.7 Å². The largest absolute Gasteiger partial charge is 0.396 e. The Bertz CT molecular complexity index is 495. The topological polar surface area (TPSA) is 78.5 Å². The number of aliphatic hydroxyl groups excluding tert-OH is 1. The number of aryl methyl sites for hydroxylation is 2. The summed E-state index contributed by atoms with van der Waals surface area (Å²) in [5, 5.41) is 16.9. The van der Waals surface area contributed by atoms with Gasteiger partial charge in [0.05, 0.1) is 18.7 Å². The average Bonchev–Trinajstić information content (AvgIpc) is 2.85. The maximum absolute atomic E-state index is 12.6. The van der Waals surface area contributed by atoms with Crippen LogP contribution in [0.4, 0.5) is 0 Å². The van der Waals surface area contributed by atoms with Crippen LogP contribution < -0.4 is 0 Å². The van der Waals surface area contributed by atoms with Crippen LogP contribution in [0.5, 0.6) is 0 Å². The van der Waals surface area contributed by atoms with E-state index in [9.17, 15) is 9.90 Å². The molecule has 0 aliphatic carbocycles. The normalized spacial score (nSPS) is 22.1. The second kappa shape index (κ2) is 7.24. The Labute approximate surface area is 131 Å². The lowest BCUT2D eigenvalue weighted by Crippen LogP contribution is -2.48. The molecule has 2 rings (SSSR count). The molecule has 2 N–H and O–H groups in total. The van der Waals surface area contributed by atoms with Crippen LogP contribution in [0.2, 0.25) is 0 Å². The lowest BCUT2D eigenvalue weighted by molar-refractivity contribution is -0.135. The monoisotopic (exact) mass is 309 g/mol. The number of rotatable bonds is 6. The molecule has 22 heavy (non-hydrogen) atoms. The Morgan fingerprint density at radius 3 is 2.86 bits per heavy atom. The highest BCUT2D eigenvalue weighted by atomic mass is 16.5. The highest BCUT2D eigenvalue weighted by Crippen LogP contribution is 2.33. The van der Waals surface area contributed by atoms with Crippen LogP contribution in [0.1, 0.15) is 36.2 Å². The molecule has 0 bridgehead atoms. The Balaban J connectivity index is 2.03. The van der Waals surface area contributed by atoms with E-state index in [4.69, 9.17) is 4.74 Å². The molecule has 124 valence electrons. The van der Waals surface area contributed by atoms with Gasteiger partial charge in [-0.1, -0.05) is 0 Å². The fraction of sp³-hybridized carbons (Fsp3) is 0.750. The van der Waals surface area contributed by atoms with Crippen molar-refractivity contribution in [2.75, 3.05) is 33.4 Å². The maximum atomic E-state index is 12.6. The molecule has 1 aliphatic heterocycles. The average molecular weight is 309 g/mol. The van der Waals surface area contributed by atoms with Crippen molar-refractivity contribution < 1.29 is 14.6 Å². The Kier molecular flexibility index (Phi) is 5.58. The Hall–Kier alpha value is -1.40. The molecule has 1 amide bonds. The highest BCUT2D eigenvalue weighted by Gasteiger charge is 2.36. The van der Waals surface area contributed by atoms with Crippen LogP contribution >= 0.6 is 0 Å². The number of nitrogens with zero attached hydrogens (tertiary/aromatic N) is 2. The summed E-state index contributed by atoms with van der Waals surface area (Å²) in [6, 6.07) is 0. The number of nitrogens with one attached hydrogen (secondary N) is 1. The minimum atomic E-state index is -0.218. The highest BCUT2D eigenvalue weighted by molar-refractivity contribution is 5.79. The predicted molar refractivity (Wildman–Crippen MR) is 83.6 cm³/mol. The van der Waals surface area contributed by atoms with Gasteiger partial charge in [0.2, 0.25) is 5.91 Å². The Morgan fingerprint density at radius 1 is 1.50 bits per heavy atom. The Morgan fingerprint density at radius 2 is 2.27 bits per heavy atom. The lowest BCUT2D eigenvalue weighted by Gasteiger charge is -2.42. The van der Waals surface area contributed by atoms with E-state index in [0.29, 0.717) is 19.6 Å². The number of ether oxygens (including phenoxy) is 1. The lowest BCUT2D eigenvalue weighted by atomic mass is 9.78. The first-order valence-corrected chi connectivity index (χ1v) is 7.89. The van der Waals surface area contributed by atoms with E-state index in [2.05, 4.69) is 10.2 Å². The van der Waals surface area contributed by atoms with E-state index < -0.39 is 0 Å². The molecule has 0 aromatic carbocycles. The molecular weight excluding hydrogens is 282 g/mol. The first-order chi connectivity index (χ1) is 10.5. The molecule has 1 unspecified atom stereocenters. The summed E-state index contributed by atoms with van der Waals surface area (Å²) in [5.74, 6) is 0.113. The first-order valence-electron chi connectivity index (χ1n) is 7.89. The number of amides is 1. The molecule has 0 spiro atoms. The van der Waals surface area contributed by atoms with E-state index in [1.165, 1.54) is 0 Å². The van der Waals surface area contributed by atoms with Gasteiger partial charge in [-0.25, -0.2) is 0 Å². The minimum Gasteiger partial charge on any atom is -0.396 e. The fourth-order valence-electron chi connectivity index (χ4n) is 3.25. The van der Waals surface area contributed by atoms with Crippen LogP contribution in [0.3, 0.4) is 0 Å². The number of methoxy groups -OCH3 is 1. The van der Waals surface area contributed by atoms with Crippen molar-refractivity contribution in [3.05, 3.63) is 17.0 Å². The van der Waals surface area contributed by atoms with E-state index in [1.54, 1.807) is 7.11 Å². The van der Waals surface area contributed by atoms with Crippen molar-refractivity contribution in [3.63, 3.8) is 0 Å². The third-order valence-corrected chi connectivity index (χ3v) is 4.79. The number of hydrogen-bond donors (Lipinski definition) is 2. The number of likely N-dealkylation sites (tertiary alicyclic amines) is 1. The molecule has 1 saturated heterocycles. The summed E-state index contributed by atoms with van der Waals surface area (Å²) in [6.07, 6.45) is 3.03. The van der Waals surface area contributed by atoms with Crippen molar-refractivity contribution in [2.45, 2.75) is 39.5 Å². The summed E-state index contributed by atoms with van der Waals surface area (Å²) in [7, 11) is 1.67. The summed E-state index contributed by atoms with van der Waals surface area (Å²) in [6.45, 7) is 5.95. The van der Waals surface area contributed by atoms with Gasteiger partial charge in [-0.2, -0.15) is 5.10 Å². The summed E-state index contributed by atoms with van der Waals surface area (Å²) in [5.41, 5.74) is 2.61. The number of aliphatic hydroxyl groups is 1. The zero-order valence-electron chi connectivity index (χ0n) is 13.8. The molecule has 0 saturated carbocycles. The maximum Gasteiger partial charge on any atom is 0.227 e. The van der Waals surface area contributed by atoms with Gasteiger partial charge >= 0.3 is 0 Å². The third-order valence-electron chi connectivity index (χ3n) is 4.79. The van der Waals surface area contributed by atoms with Gasteiger partial charge in [0.15, 0.2) is 0 Å². The molecule has 0 radical (unpaired) electrons. The smallest absolute Gasteiger partial charge is 0.227 e. The molecule has 1 aromatic rings. The number of aromatic amines is 1. The van der Waals surface area contributed by atoms with Gasteiger partial charge in [-0.05, 0) is 33.1 Å². The van der Waals surface area contributed by atoms with Gasteiger partial charge in [-0.15, -0.1) is 0 Å². The fourth-order valence-corrected chi connectivity index (χ4v) is 3.25. The summed E-state index contributed by atoms with van der Waals surface area (Å²) in [4.78, 5) is 14.5. The number of H-pyrrole nitrogens is 1. The molecule has 6 heteroatoms. The van der Waals surface area contributed by atoms with Crippen molar-refractivity contribution in [3.8, 4) is 0 Å². The number of aromatic nitrogens is 2. The van der Waals surface area contributed by atoms with Crippen molar-refractivity contribution in [1.82, 2.24) is 15.1 Å². The van der Waals surface area contributed by atoms with E-state index >= 15 is 0 Å². The third kappa shape index (κ3) is 3.67. The molecule has 1 aliphatic rings. The number of carbonyl (C=O) groups excluding carboxylic acids is 1. The number of piperidine rings is 1. The van der Waals surface area contributed by atoms with Gasteiger partial charge in [0.1, 0.15) is 0 Å². The van der Waals surface area contributed by atoms with Crippen molar-refractivity contribution in [2.24, 2.45) is 5.41 Å². The predicted octanol–water partition coefficient (Wildman–Crippen LogP) is 1.21. The van der Waals surface area contributed by atoms with Gasteiger partial charge in [0, 0.05) is 43.5 Å². The van der Waals surface area contributed by atoms with Crippen LogP contribution in [-0.4, -0.2) is 59.5 Å².